The van der Waals surface area contributed by atoms with Gasteiger partial charge in [0.05, 0.1) is 36.6 Å². The molecule has 40 heavy (non-hydrogen) atoms. The number of carbonyl (C=O) groups excluding carboxylic acids is 1. The van der Waals surface area contributed by atoms with E-state index in [0.29, 0.717) is 24.8 Å². The van der Waals surface area contributed by atoms with Gasteiger partial charge in [0.25, 0.3) is 0 Å². The van der Waals surface area contributed by atoms with Gasteiger partial charge >= 0.3 is 5.97 Å². The molecule has 0 amide bonds. The molecule has 4 N–H and O–H groups in total. The second kappa shape index (κ2) is 20.8. The van der Waals surface area contributed by atoms with Gasteiger partial charge in [-0.3, -0.25) is 0 Å². The Bertz CT molecular complexity index is 696. The molecule has 0 unspecified atom stereocenters. The highest BCUT2D eigenvalue weighted by molar-refractivity contribution is 5.90. The molecule has 234 valence electrons. The summed E-state index contributed by atoms with van der Waals surface area (Å²) in [7, 11) is 0. The minimum atomic E-state index is -0.530. The number of rotatable bonds is 24. The SMILES string of the molecule is CCCCCCCCCC[C@@H](O)[C@@H]1CC[C@H]([C@H](O)CCCC[C@@H](O)CCCCC[C@@H](O)CC2=C[C@H](C)OC2=O)O1. The summed E-state index contributed by atoms with van der Waals surface area (Å²) in [6.45, 7) is 4.05. The number of carbonyl (C=O) groups is 1. The minimum Gasteiger partial charge on any atom is -0.455 e. The fourth-order valence-electron chi connectivity index (χ4n) is 6.07. The predicted molar refractivity (Wildman–Crippen MR) is 159 cm³/mol. The standard InChI is InChI=1S/C33H60O7/c1-3-4-5-6-7-8-9-13-19-29(36)31-21-22-32(40-31)30(37)20-15-14-17-27(34)16-11-10-12-18-28(35)24-26-23-25(2)39-33(26)38/h23,25,27-32,34-37H,3-22,24H2,1-2H3/t25-,27-,28+,29+,30+,31-,32+/m0/s1. The molecule has 1 saturated heterocycles. The summed E-state index contributed by atoms with van der Waals surface area (Å²) in [6.07, 6.45) is 19.5. The summed E-state index contributed by atoms with van der Waals surface area (Å²) in [5.74, 6) is -0.315. The van der Waals surface area contributed by atoms with Gasteiger partial charge in [-0.2, -0.15) is 0 Å². The Morgan fingerprint density at radius 2 is 1.15 bits per heavy atom. The molecule has 7 nitrogen and oxygen atoms in total. The van der Waals surface area contributed by atoms with E-state index in [9.17, 15) is 25.2 Å². The van der Waals surface area contributed by atoms with E-state index in [1.54, 1.807) is 6.08 Å². The van der Waals surface area contributed by atoms with E-state index in [1.807, 2.05) is 6.92 Å². The van der Waals surface area contributed by atoms with E-state index in [2.05, 4.69) is 6.92 Å². The van der Waals surface area contributed by atoms with Crippen LogP contribution in [-0.2, 0) is 14.3 Å². The van der Waals surface area contributed by atoms with Gasteiger partial charge in [-0.25, -0.2) is 4.79 Å². The fourth-order valence-corrected chi connectivity index (χ4v) is 6.07. The third kappa shape index (κ3) is 14.8. The van der Waals surface area contributed by atoms with Crippen molar-refractivity contribution in [1.29, 1.82) is 0 Å². The molecular formula is C33H60O7. The van der Waals surface area contributed by atoms with Gasteiger partial charge in [-0.05, 0) is 57.9 Å². The highest BCUT2D eigenvalue weighted by Gasteiger charge is 2.34. The van der Waals surface area contributed by atoms with Crippen LogP contribution in [0.3, 0.4) is 0 Å². The summed E-state index contributed by atoms with van der Waals surface area (Å²) in [5, 5.41) is 41.6. The van der Waals surface area contributed by atoms with Gasteiger partial charge in [0.1, 0.15) is 6.10 Å². The number of ether oxygens (including phenoxy) is 2. The minimum absolute atomic E-state index is 0.146. The first kappa shape index (κ1) is 35.2. The van der Waals surface area contributed by atoms with Crippen molar-refractivity contribution in [2.75, 3.05) is 0 Å². The van der Waals surface area contributed by atoms with Crippen molar-refractivity contribution in [2.24, 2.45) is 0 Å². The Morgan fingerprint density at radius 1 is 0.700 bits per heavy atom. The molecule has 0 bridgehead atoms. The fraction of sp³-hybridized carbons (Fsp3) is 0.909. The Morgan fingerprint density at radius 3 is 1.70 bits per heavy atom. The van der Waals surface area contributed by atoms with Crippen molar-refractivity contribution in [1.82, 2.24) is 0 Å². The van der Waals surface area contributed by atoms with Gasteiger partial charge in [0, 0.05) is 12.0 Å². The first-order chi connectivity index (χ1) is 19.3. The number of hydrogen-bond acceptors (Lipinski definition) is 7. The average Bonchev–Trinajstić information content (AvgIpc) is 3.54. The molecule has 2 rings (SSSR count). The molecule has 0 aromatic rings. The van der Waals surface area contributed by atoms with E-state index < -0.39 is 18.3 Å². The van der Waals surface area contributed by atoms with E-state index >= 15 is 0 Å². The van der Waals surface area contributed by atoms with Crippen molar-refractivity contribution in [3.05, 3.63) is 11.6 Å². The van der Waals surface area contributed by atoms with Crippen molar-refractivity contribution >= 4 is 5.97 Å². The molecule has 1 fully saturated rings. The Labute approximate surface area is 243 Å². The number of unbranched alkanes of at least 4 members (excludes halogenated alkanes) is 10. The lowest BCUT2D eigenvalue weighted by molar-refractivity contribution is -0.139. The molecule has 0 aromatic carbocycles. The second-order valence-electron chi connectivity index (χ2n) is 12.4. The quantitative estimate of drug-likeness (QED) is 0.0800. The van der Waals surface area contributed by atoms with Crippen LogP contribution in [0.25, 0.3) is 0 Å². The Hall–Kier alpha value is -0.990. The van der Waals surface area contributed by atoms with Crippen molar-refractivity contribution in [3.8, 4) is 0 Å². The molecule has 7 atom stereocenters. The molecule has 0 aromatic heterocycles. The van der Waals surface area contributed by atoms with Crippen molar-refractivity contribution < 1.29 is 34.7 Å². The molecule has 0 radical (unpaired) electrons. The van der Waals surface area contributed by atoms with Crippen LogP contribution in [0.5, 0.6) is 0 Å². The summed E-state index contributed by atoms with van der Waals surface area (Å²) < 4.78 is 11.1. The zero-order valence-electron chi connectivity index (χ0n) is 25.5. The topological polar surface area (TPSA) is 116 Å². The van der Waals surface area contributed by atoms with Gasteiger partial charge in [0.2, 0.25) is 0 Å². The predicted octanol–water partition coefficient (Wildman–Crippen LogP) is 6.28. The second-order valence-corrected chi connectivity index (χ2v) is 12.4. The molecule has 0 aliphatic carbocycles. The molecule has 2 aliphatic rings. The molecular weight excluding hydrogens is 508 g/mol. The first-order valence-electron chi connectivity index (χ1n) is 16.6. The van der Waals surface area contributed by atoms with Gasteiger partial charge in [-0.1, -0.05) is 90.4 Å². The van der Waals surface area contributed by atoms with Gasteiger partial charge in [-0.15, -0.1) is 0 Å². The number of hydrogen-bond donors (Lipinski definition) is 4. The molecule has 0 spiro atoms. The maximum Gasteiger partial charge on any atom is 0.334 e. The third-order valence-electron chi connectivity index (χ3n) is 8.61. The summed E-state index contributed by atoms with van der Waals surface area (Å²) >= 11 is 0. The lowest BCUT2D eigenvalue weighted by Gasteiger charge is -2.22. The monoisotopic (exact) mass is 568 g/mol. The van der Waals surface area contributed by atoms with Crippen LogP contribution >= 0.6 is 0 Å². The van der Waals surface area contributed by atoms with Crippen LogP contribution in [0.2, 0.25) is 0 Å². The van der Waals surface area contributed by atoms with Crippen LogP contribution in [0.15, 0.2) is 11.6 Å². The smallest absolute Gasteiger partial charge is 0.334 e. The number of cyclic esters (lactones) is 1. The number of aliphatic hydroxyl groups excluding tert-OH is 4. The molecule has 2 aliphatic heterocycles. The summed E-state index contributed by atoms with van der Waals surface area (Å²) in [5.41, 5.74) is 0.575. The van der Waals surface area contributed by atoms with Gasteiger partial charge < -0.3 is 29.9 Å². The first-order valence-corrected chi connectivity index (χ1v) is 16.6. The van der Waals surface area contributed by atoms with Crippen LogP contribution < -0.4 is 0 Å². The summed E-state index contributed by atoms with van der Waals surface area (Å²) in [4.78, 5) is 11.6. The van der Waals surface area contributed by atoms with Crippen LogP contribution in [0.4, 0.5) is 0 Å². The van der Waals surface area contributed by atoms with E-state index in [0.717, 1.165) is 70.6 Å². The lowest BCUT2D eigenvalue weighted by Crippen LogP contribution is -2.31. The van der Waals surface area contributed by atoms with Crippen molar-refractivity contribution in [2.45, 2.75) is 191 Å². The average molecular weight is 569 g/mol. The highest BCUT2D eigenvalue weighted by Crippen LogP contribution is 2.28. The zero-order valence-corrected chi connectivity index (χ0v) is 25.5. The van der Waals surface area contributed by atoms with E-state index in [1.165, 1.54) is 44.9 Å². The van der Waals surface area contributed by atoms with Crippen LogP contribution in [0, 0.1) is 0 Å². The maximum absolute atomic E-state index is 11.6. The molecule has 7 heteroatoms. The molecule has 2 heterocycles. The van der Waals surface area contributed by atoms with Crippen molar-refractivity contribution in [3.63, 3.8) is 0 Å². The normalized spacial score (nSPS) is 24.1. The zero-order chi connectivity index (χ0) is 29.2. The molecule has 0 saturated carbocycles. The third-order valence-corrected chi connectivity index (χ3v) is 8.61. The number of aliphatic hydroxyl groups is 4. The van der Waals surface area contributed by atoms with Crippen LogP contribution in [-0.4, -0.2) is 69.1 Å². The maximum atomic E-state index is 11.6. The van der Waals surface area contributed by atoms with E-state index in [-0.39, 0.29) is 30.4 Å². The number of esters is 1. The summed E-state index contributed by atoms with van der Waals surface area (Å²) in [6, 6.07) is 0. The van der Waals surface area contributed by atoms with E-state index in [4.69, 9.17) is 9.47 Å². The largest absolute Gasteiger partial charge is 0.455 e. The lowest BCUT2D eigenvalue weighted by atomic mass is 9.99. The highest BCUT2D eigenvalue weighted by atomic mass is 16.5. The Balaban J connectivity index is 1.43. The van der Waals surface area contributed by atoms with Gasteiger partial charge in [0.15, 0.2) is 0 Å². The van der Waals surface area contributed by atoms with Crippen LogP contribution in [0.1, 0.15) is 149 Å². The Kier molecular flexibility index (Phi) is 18.3.